The van der Waals surface area contributed by atoms with Crippen LogP contribution in [0.15, 0.2) is 52.1 Å². The van der Waals surface area contributed by atoms with Crippen LogP contribution >= 0.6 is 22.7 Å². The van der Waals surface area contributed by atoms with E-state index >= 15 is 0 Å². The number of hydrogen-bond donors (Lipinski definition) is 2. The van der Waals surface area contributed by atoms with Crippen molar-refractivity contribution >= 4 is 38.6 Å². The van der Waals surface area contributed by atoms with Crippen molar-refractivity contribution in [1.82, 2.24) is 15.0 Å². The molecule has 1 amide bonds. The molecule has 2 heterocycles. The molecule has 0 spiro atoms. The minimum absolute atomic E-state index is 0.140. The molecule has 6 nitrogen and oxygen atoms in total. The lowest BCUT2D eigenvalue weighted by Crippen LogP contribution is -2.26. The molecule has 0 aliphatic heterocycles. The molecule has 0 bridgehead atoms. The number of rotatable bonds is 8. The van der Waals surface area contributed by atoms with E-state index in [1.807, 2.05) is 29.8 Å². The van der Waals surface area contributed by atoms with Crippen LogP contribution in [-0.4, -0.2) is 25.9 Å². The summed E-state index contributed by atoms with van der Waals surface area (Å²) in [5, 5.41) is 7.50. The number of aromatic nitrogens is 1. The highest BCUT2D eigenvalue weighted by Crippen LogP contribution is 2.13. The molecule has 0 aliphatic carbocycles. The molecule has 0 saturated heterocycles. The Labute approximate surface area is 166 Å². The third-order valence-electron chi connectivity index (χ3n) is 3.74. The topological polar surface area (TPSA) is 88.2 Å². The maximum absolute atomic E-state index is 12.3. The van der Waals surface area contributed by atoms with Crippen LogP contribution in [0.2, 0.25) is 0 Å². The zero-order valence-corrected chi connectivity index (χ0v) is 17.1. The summed E-state index contributed by atoms with van der Waals surface area (Å²) in [7, 11) is -3.59. The fraction of sp³-hybridized carbons (Fsp3) is 0.222. The summed E-state index contributed by atoms with van der Waals surface area (Å²) in [4.78, 5) is 17.7. The number of aryl methyl sites for hydroxylation is 1. The number of carbonyl (C=O) groups excluding carboxylic acids is 1. The number of nitrogens with one attached hydrogen (secondary N) is 2. The molecule has 9 heteroatoms. The molecule has 1 aromatic carbocycles. The van der Waals surface area contributed by atoms with Gasteiger partial charge in [-0.1, -0.05) is 6.07 Å². The highest BCUT2D eigenvalue weighted by Gasteiger charge is 2.15. The number of nitrogens with zero attached hydrogens (tertiary/aromatic N) is 1. The van der Waals surface area contributed by atoms with Crippen molar-refractivity contribution in [3.05, 3.63) is 68.3 Å². The Balaban J connectivity index is 1.55. The Morgan fingerprint density at radius 2 is 1.93 bits per heavy atom. The van der Waals surface area contributed by atoms with E-state index in [0.717, 1.165) is 15.6 Å². The van der Waals surface area contributed by atoms with E-state index in [1.165, 1.54) is 35.6 Å². The Kier molecular flexibility index (Phi) is 6.38. The molecule has 2 aromatic heterocycles. The van der Waals surface area contributed by atoms with Crippen LogP contribution in [0.3, 0.4) is 0 Å². The summed E-state index contributed by atoms with van der Waals surface area (Å²) in [5.41, 5.74) is 1.33. The van der Waals surface area contributed by atoms with Crippen molar-refractivity contribution < 1.29 is 13.2 Å². The monoisotopic (exact) mass is 421 g/mol. The van der Waals surface area contributed by atoms with Crippen molar-refractivity contribution in [3.8, 4) is 0 Å². The smallest absolute Gasteiger partial charge is 0.251 e. The first-order chi connectivity index (χ1) is 12.9. The van der Waals surface area contributed by atoms with Crippen molar-refractivity contribution in [2.75, 3.05) is 6.54 Å². The van der Waals surface area contributed by atoms with Crippen molar-refractivity contribution in [3.63, 3.8) is 0 Å². The number of sulfonamides is 1. The molecule has 2 N–H and O–H groups in total. The van der Waals surface area contributed by atoms with Gasteiger partial charge in [0.2, 0.25) is 10.0 Å². The van der Waals surface area contributed by atoms with Gasteiger partial charge in [0.05, 0.1) is 11.4 Å². The van der Waals surface area contributed by atoms with Crippen LogP contribution in [0.1, 0.15) is 25.9 Å². The molecule has 0 aliphatic rings. The van der Waals surface area contributed by atoms with Gasteiger partial charge in [-0.2, -0.15) is 0 Å². The normalized spacial score (nSPS) is 11.4. The second-order valence-corrected chi connectivity index (χ2v) is 9.56. The lowest BCUT2D eigenvalue weighted by atomic mass is 10.2. The minimum atomic E-state index is -3.59. The van der Waals surface area contributed by atoms with E-state index in [2.05, 4.69) is 15.0 Å². The van der Waals surface area contributed by atoms with Gasteiger partial charge in [-0.05, 0) is 49.1 Å². The molecule has 27 heavy (non-hydrogen) atoms. The number of thiophene rings is 1. The van der Waals surface area contributed by atoms with Crippen LogP contribution in [0.5, 0.6) is 0 Å². The Hall–Kier alpha value is -2.07. The van der Waals surface area contributed by atoms with Crippen LogP contribution in [-0.2, 0) is 23.0 Å². The predicted octanol–water partition coefficient (Wildman–Crippen LogP) is 2.96. The highest BCUT2D eigenvalue weighted by atomic mass is 32.2. The molecule has 3 aromatic rings. The van der Waals surface area contributed by atoms with Crippen molar-refractivity contribution in [2.45, 2.75) is 24.8 Å². The fourth-order valence-corrected chi connectivity index (χ4v) is 4.83. The van der Waals surface area contributed by atoms with Gasteiger partial charge in [0, 0.05) is 28.1 Å². The minimum Gasteiger partial charge on any atom is -0.346 e. The number of amides is 1. The van der Waals surface area contributed by atoms with Gasteiger partial charge in [-0.3, -0.25) is 4.79 Å². The molecule has 0 atom stereocenters. The predicted molar refractivity (Wildman–Crippen MR) is 108 cm³/mol. The van der Waals surface area contributed by atoms with Gasteiger partial charge < -0.3 is 5.32 Å². The van der Waals surface area contributed by atoms with E-state index in [-0.39, 0.29) is 10.8 Å². The summed E-state index contributed by atoms with van der Waals surface area (Å²) in [5.74, 6) is -0.266. The molecule has 3 rings (SSSR count). The Morgan fingerprint density at radius 1 is 1.15 bits per heavy atom. The Morgan fingerprint density at radius 3 is 2.56 bits per heavy atom. The number of benzene rings is 1. The number of carbonyl (C=O) groups is 1. The van der Waals surface area contributed by atoms with Gasteiger partial charge in [-0.25, -0.2) is 18.1 Å². The maximum atomic E-state index is 12.3. The van der Waals surface area contributed by atoms with Gasteiger partial charge in [0.1, 0.15) is 5.01 Å². The first-order valence-electron chi connectivity index (χ1n) is 8.25. The van der Waals surface area contributed by atoms with Crippen molar-refractivity contribution in [2.24, 2.45) is 0 Å². The summed E-state index contributed by atoms with van der Waals surface area (Å²) >= 11 is 3.08. The largest absolute Gasteiger partial charge is 0.346 e. The first kappa shape index (κ1) is 19.7. The molecule has 0 saturated carbocycles. The molecular formula is C18H19N3O3S3. The standard InChI is InChI=1S/C18H19N3O3S3/c1-13-12-26-17(21-13)11-19-18(22)14-4-6-16(7-5-14)27(23,24)20-9-8-15-3-2-10-25-15/h2-7,10,12,20H,8-9,11H2,1H3,(H,19,22). The van der Waals surface area contributed by atoms with Gasteiger partial charge in [0.15, 0.2) is 0 Å². The van der Waals surface area contributed by atoms with E-state index in [0.29, 0.717) is 25.1 Å². The third-order valence-corrected chi connectivity index (χ3v) is 7.12. The van der Waals surface area contributed by atoms with E-state index < -0.39 is 10.0 Å². The van der Waals surface area contributed by atoms with E-state index in [9.17, 15) is 13.2 Å². The summed E-state index contributed by atoms with van der Waals surface area (Å²) in [6.45, 7) is 2.58. The van der Waals surface area contributed by atoms with Crippen LogP contribution < -0.4 is 10.0 Å². The average Bonchev–Trinajstić information content (AvgIpc) is 3.31. The fourth-order valence-electron chi connectivity index (χ4n) is 2.37. The molecule has 142 valence electrons. The Bertz CT molecular complexity index is 994. The average molecular weight is 422 g/mol. The summed E-state index contributed by atoms with van der Waals surface area (Å²) in [6.07, 6.45) is 0.646. The highest BCUT2D eigenvalue weighted by molar-refractivity contribution is 7.89. The quantitative estimate of drug-likeness (QED) is 0.585. The molecular weight excluding hydrogens is 402 g/mol. The van der Waals surface area contributed by atoms with E-state index in [1.54, 1.807) is 11.3 Å². The first-order valence-corrected chi connectivity index (χ1v) is 11.5. The summed E-state index contributed by atoms with van der Waals surface area (Å²) in [6, 6.07) is 9.81. The van der Waals surface area contributed by atoms with Crippen LogP contribution in [0, 0.1) is 6.92 Å². The van der Waals surface area contributed by atoms with E-state index in [4.69, 9.17) is 0 Å². The molecule has 0 unspecified atom stereocenters. The van der Waals surface area contributed by atoms with Crippen LogP contribution in [0.25, 0.3) is 0 Å². The van der Waals surface area contributed by atoms with Crippen molar-refractivity contribution in [1.29, 1.82) is 0 Å². The summed E-state index contributed by atoms with van der Waals surface area (Å²) < 4.78 is 27.3. The van der Waals surface area contributed by atoms with Gasteiger partial charge in [-0.15, -0.1) is 22.7 Å². The lowest BCUT2D eigenvalue weighted by Gasteiger charge is -2.08. The maximum Gasteiger partial charge on any atom is 0.251 e. The van der Waals surface area contributed by atoms with Crippen LogP contribution in [0.4, 0.5) is 0 Å². The lowest BCUT2D eigenvalue weighted by molar-refractivity contribution is 0.0950. The molecule has 0 radical (unpaired) electrons. The zero-order chi connectivity index (χ0) is 19.3. The van der Waals surface area contributed by atoms with Gasteiger partial charge in [0.25, 0.3) is 5.91 Å². The second kappa shape index (κ2) is 8.75. The number of hydrogen-bond acceptors (Lipinski definition) is 6. The third kappa shape index (κ3) is 5.46. The SMILES string of the molecule is Cc1csc(CNC(=O)c2ccc(S(=O)(=O)NCCc3cccs3)cc2)n1. The molecule has 0 fully saturated rings. The van der Waals surface area contributed by atoms with Gasteiger partial charge >= 0.3 is 0 Å². The zero-order valence-electron chi connectivity index (χ0n) is 14.6. The number of thiazole rings is 1. The second-order valence-electron chi connectivity index (χ2n) is 5.82.